The summed E-state index contributed by atoms with van der Waals surface area (Å²) in [5.41, 5.74) is 0. The van der Waals surface area contributed by atoms with Crippen LogP contribution in [-0.2, 0) is 9.53 Å². The molecule has 1 aromatic carbocycles. The van der Waals surface area contributed by atoms with Gasteiger partial charge in [0.1, 0.15) is 6.61 Å². The molecule has 1 aromatic rings. The zero-order valence-electron chi connectivity index (χ0n) is 8.73. The van der Waals surface area contributed by atoms with E-state index in [1.165, 1.54) is 0 Å². The third-order valence-electron chi connectivity index (χ3n) is 2.11. The molecule has 0 fully saturated rings. The fraction of sp³-hybridized carbons (Fsp3) is 0.364. The number of benzene rings is 1. The Balaban J connectivity index is 2.13. The van der Waals surface area contributed by atoms with Crippen LogP contribution in [0.2, 0.25) is 0 Å². The van der Waals surface area contributed by atoms with Crippen LogP contribution < -0.4 is 9.47 Å². The lowest BCUT2D eigenvalue weighted by atomic mass is 10.2. The van der Waals surface area contributed by atoms with E-state index in [-0.39, 0.29) is 6.61 Å². The van der Waals surface area contributed by atoms with Crippen LogP contribution in [0, 0.1) is 0 Å². The molecule has 0 bridgehead atoms. The molecule has 86 valence electrons. The Hall–Kier alpha value is -1.23. The highest BCUT2D eigenvalue weighted by Gasteiger charge is 2.28. The van der Waals surface area contributed by atoms with Gasteiger partial charge in [-0.1, -0.05) is 15.9 Å². The van der Waals surface area contributed by atoms with Gasteiger partial charge in [-0.3, -0.25) is 0 Å². The smallest absolute Gasteiger partial charge is 0.350 e. The fourth-order valence-corrected chi connectivity index (χ4v) is 1.74. The van der Waals surface area contributed by atoms with E-state index in [1.54, 1.807) is 19.1 Å². The predicted molar refractivity (Wildman–Crippen MR) is 60.7 cm³/mol. The van der Waals surface area contributed by atoms with Gasteiger partial charge >= 0.3 is 5.97 Å². The first-order valence-corrected chi connectivity index (χ1v) is 5.75. The van der Waals surface area contributed by atoms with Crippen LogP contribution in [0.15, 0.2) is 22.7 Å². The lowest BCUT2D eigenvalue weighted by Crippen LogP contribution is -2.37. The van der Waals surface area contributed by atoms with Gasteiger partial charge < -0.3 is 14.2 Å². The number of fused-ring (bicyclic) bond motifs is 1. The Bertz CT molecular complexity index is 405. The van der Waals surface area contributed by atoms with E-state index in [2.05, 4.69) is 15.9 Å². The van der Waals surface area contributed by atoms with Crippen LogP contribution in [0.5, 0.6) is 11.5 Å². The molecule has 0 aromatic heterocycles. The van der Waals surface area contributed by atoms with Crippen molar-refractivity contribution >= 4 is 21.9 Å². The second kappa shape index (κ2) is 4.74. The summed E-state index contributed by atoms with van der Waals surface area (Å²) >= 11 is 3.33. The molecule has 0 saturated heterocycles. The molecule has 0 N–H and O–H groups in total. The zero-order valence-corrected chi connectivity index (χ0v) is 10.3. The van der Waals surface area contributed by atoms with Gasteiger partial charge in [0, 0.05) is 4.47 Å². The summed E-state index contributed by atoms with van der Waals surface area (Å²) < 4.78 is 16.7. The molecule has 1 atom stereocenters. The minimum absolute atomic E-state index is 0.188. The van der Waals surface area contributed by atoms with Crippen LogP contribution in [0.1, 0.15) is 6.92 Å². The summed E-state index contributed by atoms with van der Waals surface area (Å²) in [4.78, 5) is 11.5. The quantitative estimate of drug-likeness (QED) is 0.782. The maximum absolute atomic E-state index is 11.5. The number of halogens is 1. The molecule has 0 saturated carbocycles. The minimum atomic E-state index is -0.679. The van der Waals surface area contributed by atoms with Crippen molar-refractivity contribution in [1.82, 2.24) is 0 Å². The Morgan fingerprint density at radius 3 is 3.12 bits per heavy atom. The third kappa shape index (κ3) is 2.29. The molecule has 16 heavy (non-hydrogen) atoms. The molecule has 1 unspecified atom stereocenters. The summed E-state index contributed by atoms with van der Waals surface area (Å²) in [6.45, 7) is 2.28. The van der Waals surface area contributed by atoms with Crippen molar-refractivity contribution in [3.63, 3.8) is 0 Å². The van der Waals surface area contributed by atoms with Crippen molar-refractivity contribution in [2.45, 2.75) is 13.0 Å². The van der Waals surface area contributed by atoms with Crippen LogP contribution in [0.4, 0.5) is 0 Å². The number of rotatable bonds is 2. The molecule has 1 aliphatic heterocycles. The van der Waals surface area contributed by atoms with Gasteiger partial charge in [-0.15, -0.1) is 0 Å². The lowest BCUT2D eigenvalue weighted by Gasteiger charge is -2.25. The fourth-order valence-electron chi connectivity index (χ4n) is 1.40. The summed E-state index contributed by atoms with van der Waals surface area (Å²) in [7, 11) is 0. The van der Waals surface area contributed by atoms with Crippen LogP contribution in [-0.4, -0.2) is 25.3 Å². The Kier molecular flexibility index (Phi) is 3.33. The van der Waals surface area contributed by atoms with E-state index in [4.69, 9.17) is 14.2 Å². The van der Waals surface area contributed by atoms with Crippen molar-refractivity contribution in [2.75, 3.05) is 13.2 Å². The monoisotopic (exact) mass is 286 g/mol. The standard InChI is InChI=1S/C11H11BrO4/c1-2-14-11(13)10-6-15-8-4-3-7(12)5-9(8)16-10/h3-5,10H,2,6H2,1H3. The number of ether oxygens (including phenoxy) is 3. The first-order chi connectivity index (χ1) is 7.70. The van der Waals surface area contributed by atoms with Crippen molar-refractivity contribution in [2.24, 2.45) is 0 Å². The highest BCUT2D eigenvalue weighted by molar-refractivity contribution is 9.10. The molecular formula is C11H11BrO4. The van der Waals surface area contributed by atoms with Crippen molar-refractivity contribution < 1.29 is 19.0 Å². The van der Waals surface area contributed by atoms with Gasteiger partial charge in [-0.2, -0.15) is 0 Å². The SMILES string of the molecule is CCOC(=O)C1COc2ccc(Br)cc2O1. The molecule has 5 heteroatoms. The number of carbonyl (C=O) groups is 1. The highest BCUT2D eigenvalue weighted by atomic mass is 79.9. The molecule has 1 aliphatic rings. The lowest BCUT2D eigenvalue weighted by molar-refractivity contribution is -0.153. The van der Waals surface area contributed by atoms with E-state index in [9.17, 15) is 4.79 Å². The second-order valence-corrected chi connectivity index (χ2v) is 4.18. The largest absolute Gasteiger partial charge is 0.485 e. The van der Waals surface area contributed by atoms with Gasteiger partial charge in [-0.25, -0.2) is 4.79 Å². The van der Waals surface area contributed by atoms with Gasteiger partial charge in [0.25, 0.3) is 0 Å². The Morgan fingerprint density at radius 2 is 2.38 bits per heavy atom. The average molecular weight is 287 g/mol. The second-order valence-electron chi connectivity index (χ2n) is 3.26. The maximum atomic E-state index is 11.5. The topological polar surface area (TPSA) is 44.8 Å². The first-order valence-electron chi connectivity index (χ1n) is 4.96. The summed E-state index contributed by atoms with van der Waals surface area (Å²) in [6, 6.07) is 5.41. The molecule has 0 spiro atoms. The van der Waals surface area contributed by atoms with Gasteiger partial charge in [0.15, 0.2) is 11.5 Å². The van der Waals surface area contributed by atoms with E-state index in [0.717, 1.165) is 4.47 Å². The highest BCUT2D eigenvalue weighted by Crippen LogP contribution is 2.34. The molecule has 0 aliphatic carbocycles. The van der Waals surface area contributed by atoms with Crippen molar-refractivity contribution in [3.05, 3.63) is 22.7 Å². The summed E-state index contributed by atoms with van der Waals surface area (Å²) in [5.74, 6) is 0.801. The molecule has 4 nitrogen and oxygen atoms in total. The third-order valence-corrected chi connectivity index (χ3v) is 2.61. The van der Waals surface area contributed by atoms with Gasteiger partial charge in [0.2, 0.25) is 6.10 Å². The average Bonchev–Trinajstić information content (AvgIpc) is 2.28. The van der Waals surface area contributed by atoms with Crippen LogP contribution >= 0.6 is 15.9 Å². The Morgan fingerprint density at radius 1 is 1.56 bits per heavy atom. The predicted octanol–water partition coefficient (Wildman–Crippen LogP) is 2.15. The minimum Gasteiger partial charge on any atom is -0.485 e. The normalized spacial score (nSPS) is 18.0. The number of carbonyl (C=O) groups excluding carboxylic acids is 1. The zero-order chi connectivity index (χ0) is 11.5. The van der Waals surface area contributed by atoms with Gasteiger partial charge in [0.05, 0.1) is 6.61 Å². The van der Waals surface area contributed by atoms with E-state index in [1.807, 2.05) is 6.07 Å². The molecule has 1 heterocycles. The van der Waals surface area contributed by atoms with Crippen molar-refractivity contribution in [3.8, 4) is 11.5 Å². The maximum Gasteiger partial charge on any atom is 0.350 e. The Labute approximate surface area is 102 Å². The summed E-state index contributed by atoms with van der Waals surface area (Å²) in [5, 5.41) is 0. The first kappa shape index (κ1) is 11.3. The van der Waals surface area contributed by atoms with Gasteiger partial charge in [-0.05, 0) is 25.1 Å². The van der Waals surface area contributed by atoms with E-state index >= 15 is 0 Å². The number of hydrogen-bond acceptors (Lipinski definition) is 4. The molecular weight excluding hydrogens is 276 g/mol. The number of esters is 1. The summed E-state index contributed by atoms with van der Waals surface area (Å²) in [6.07, 6.45) is -0.679. The van der Waals surface area contributed by atoms with E-state index in [0.29, 0.717) is 18.1 Å². The number of hydrogen-bond donors (Lipinski definition) is 0. The van der Waals surface area contributed by atoms with Crippen molar-refractivity contribution in [1.29, 1.82) is 0 Å². The van der Waals surface area contributed by atoms with E-state index < -0.39 is 12.1 Å². The molecule has 0 radical (unpaired) electrons. The molecule has 0 amide bonds. The van der Waals surface area contributed by atoms with Crippen LogP contribution in [0.25, 0.3) is 0 Å². The van der Waals surface area contributed by atoms with Crippen LogP contribution in [0.3, 0.4) is 0 Å². The molecule has 2 rings (SSSR count).